The lowest BCUT2D eigenvalue weighted by atomic mass is 9.80. The summed E-state index contributed by atoms with van der Waals surface area (Å²) in [5.74, 6) is 0.519. The molecule has 0 fully saturated rings. The van der Waals surface area contributed by atoms with Crippen molar-refractivity contribution in [2.45, 2.75) is 59.4 Å². The number of hydrogen-bond donors (Lipinski definition) is 2. The van der Waals surface area contributed by atoms with E-state index in [9.17, 15) is 4.79 Å². The summed E-state index contributed by atoms with van der Waals surface area (Å²) >= 11 is 0. The number of pyridine rings is 1. The van der Waals surface area contributed by atoms with Crippen molar-refractivity contribution < 1.29 is 0 Å². The van der Waals surface area contributed by atoms with E-state index in [-0.39, 0.29) is 11.1 Å². The first-order valence-electron chi connectivity index (χ1n) is 7.66. The normalized spacial score (nSPS) is 20.2. The Morgan fingerprint density at radius 1 is 1.14 bits per heavy atom. The van der Waals surface area contributed by atoms with Crippen LogP contribution in [0.3, 0.4) is 0 Å². The van der Waals surface area contributed by atoms with Crippen LogP contribution < -0.4 is 10.9 Å². The zero-order valence-corrected chi connectivity index (χ0v) is 13.8. The second kappa shape index (κ2) is 4.36. The highest BCUT2D eigenvalue weighted by atomic mass is 16.1. The van der Waals surface area contributed by atoms with Gasteiger partial charge in [-0.25, -0.2) is 0 Å². The molecule has 0 radical (unpaired) electrons. The molecule has 1 aromatic heterocycles. The highest BCUT2D eigenvalue weighted by Crippen LogP contribution is 2.43. The number of H-pyrrole nitrogens is 1. The molecule has 2 heterocycles. The molecule has 3 nitrogen and oxygen atoms in total. The molecular formula is C18H24N2O. The van der Waals surface area contributed by atoms with Gasteiger partial charge < -0.3 is 10.3 Å². The van der Waals surface area contributed by atoms with Crippen molar-refractivity contribution in [3.05, 3.63) is 38.7 Å². The van der Waals surface area contributed by atoms with Gasteiger partial charge in [0, 0.05) is 22.2 Å². The van der Waals surface area contributed by atoms with Gasteiger partial charge in [0.25, 0.3) is 5.56 Å². The summed E-state index contributed by atoms with van der Waals surface area (Å²) in [5.41, 5.74) is 6.72. The maximum Gasteiger partial charge on any atom is 0.251 e. The van der Waals surface area contributed by atoms with Gasteiger partial charge in [-0.3, -0.25) is 4.79 Å². The number of aryl methyl sites for hydroxylation is 2. The van der Waals surface area contributed by atoms with E-state index in [0.717, 1.165) is 28.6 Å². The van der Waals surface area contributed by atoms with Crippen molar-refractivity contribution >= 4 is 16.6 Å². The standard InChI is InChI=1S/C18H24N2O/c1-9-8-18(5,6)20-16-12(4)15-14(7-13(9)16)10(2)11(3)17(21)19-15/h7,9,20H,8H2,1-6H3,(H,19,21). The first-order valence-corrected chi connectivity index (χ1v) is 7.66. The molecule has 1 atom stereocenters. The monoisotopic (exact) mass is 284 g/mol. The van der Waals surface area contributed by atoms with Gasteiger partial charge in [-0.1, -0.05) is 6.92 Å². The lowest BCUT2D eigenvalue weighted by Gasteiger charge is -2.39. The number of hydrogen-bond acceptors (Lipinski definition) is 2. The largest absolute Gasteiger partial charge is 0.380 e. The highest BCUT2D eigenvalue weighted by molar-refractivity contribution is 5.91. The SMILES string of the molecule is Cc1c(C)c2cc3c(c(C)c2[nH]c1=O)NC(C)(C)CC3C. The summed E-state index contributed by atoms with van der Waals surface area (Å²) in [4.78, 5) is 15.2. The van der Waals surface area contributed by atoms with Crippen LogP contribution in [0.25, 0.3) is 10.9 Å². The first kappa shape index (κ1) is 14.2. The Bertz CT molecular complexity index is 799. The summed E-state index contributed by atoms with van der Waals surface area (Å²) in [6.07, 6.45) is 1.12. The molecule has 2 N–H and O–H groups in total. The van der Waals surface area contributed by atoms with Crippen LogP contribution in [0.15, 0.2) is 10.9 Å². The second-order valence-corrected chi connectivity index (χ2v) is 7.21. The van der Waals surface area contributed by atoms with E-state index in [1.165, 1.54) is 16.6 Å². The summed E-state index contributed by atoms with van der Waals surface area (Å²) in [7, 11) is 0. The maximum absolute atomic E-state index is 12.1. The summed E-state index contributed by atoms with van der Waals surface area (Å²) in [5, 5.41) is 4.84. The molecule has 1 aliphatic rings. The molecule has 0 saturated heterocycles. The number of fused-ring (bicyclic) bond motifs is 2. The predicted molar refractivity (Wildman–Crippen MR) is 89.5 cm³/mol. The van der Waals surface area contributed by atoms with Gasteiger partial charge in [-0.15, -0.1) is 0 Å². The molecule has 1 unspecified atom stereocenters. The molecular weight excluding hydrogens is 260 g/mol. The van der Waals surface area contributed by atoms with Crippen LogP contribution in [0, 0.1) is 20.8 Å². The van der Waals surface area contributed by atoms with E-state index in [4.69, 9.17) is 0 Å². The average Bonchev–Trinajstić information content (AvgIpc) is 2.38. The number of anilines is 1. The lowest BCUT2D eigenvalue weighted by molar-refractivity contribution is 0.454. The van der Waals surface area contributed by atoms with Gasteiger partial charge >= 0.3 is 0 Å². The molecule has 1 aromatic carbocycles. The molecule has 112 valence electrons. The smallest absolute Gasteiger partial charge is 0.251 e. The highest BCUT2D eigenvalue weighted by Gasteiger charge is 2.31. The summed E-state index contributed by atoms with van der Waals surface area (Å²) in [6, 6.07) is 2.27. The van der Waals surface area contributed by atoms with Gasteiger partial charge in [-0.2, -0.15) is 0 Å². The van der Waals surface area contributed by atoms with Crippen LogP contribution in [0.4, 0.5) is 5.69 Å². The van der Waals surface area contributed by atoms with E-state index in [2.05, 4.69) is 44.1 Å². The minimum atomic E-state index is 0.0196. The first-order chi connectivity index (χ1) is 9.71. The van der Waals surface area contributed by atoms with Crippen molar-refractivity contribution in [1.29, 1.82) is 0 Å². The fourth-order valence-electron chi connectivity index (χ4n) is 3.70. The van der Waals surface area contributed by atoms with Crippen LogP contribution in [0.5, 0.6) is 0 Å². The Labute approximate surface area is 125 Å². The molecule has 0 spiro atoms. The molecule has 1 aliphatic heterocycles. The van der Waals surface area contributed by atoms with Gasteiger partial charge in [0.1, 0.15) is 0 Å². The van der Waals surface area contributed by atoms with Crippen LogP contribution in [0.2, 0.25) is 0 Å². The number of aromatic amines is 1. The van der Waals surface area contributed by atoms with Crippen molar-refractivity contribution in [3.8, 4) is 0 Å². The van der Waals surface area contributed by atoms with E-state index in [1.54, 1.807) is 0 Å². The van der Waals surface area contributed by atoms with Gasteiger partial charge in [0.2, 0.25) is 0 Å². The second-order valence-electron chi connectivity index (χ2n) is 7.21. The summed E-state index contributed by atoms with van der Waals surface area (Å²) < 4.78 is 0. The number of aromatic nitrogens is 1. The number of benzene rings is 1. The zero-order valence-electron chi connectivity index (χ0n) is 13.8. The Morgan fingerprint density at radius 3 is 2.48 bits per heavy atom. The lowest BCUT2D eigenvalue weighted by Crippen LogP contribution is -2.37. The quantitative estimate of drug-likeness (QED) is 0.763. The Morgan fingerprint density at radius 2 is 1.81 bits per heavy atom. The number of nitrogens with one attached hydrogen (secondary N) is 2. The van der Waals surface area contributed by atoms with Crippen molar-refractivity contribution in [3.63, 3.8) is 0 Å². The fraction of sp³-hybridized carbons (Fsp3) is 0.500. The minimum absolute atomic E-state index is 0.0196. The fourth-order valence-corrected chi connectivity index (χ4v) is 3.70. The van der Waals surface area contributed by atoms with E-state index < -0.39 is 0 Å². The van der Waals surface area contributed by atoms with E-state index in [0.29, 0.717) is 5.92 Å². The summed E-state index contributed by atoms with van der Waals surface area (Å²) in [6.45, 7) is 12.8. The third kappa shape index (κ3) is 2.06. The van der Waals surface area contributed by atoms with Gasteiger partial charge in [0.15, 0.2) is 0 Å². The molecule has 3 rings (SSSR count). The Balaban J connectivity index is 2.41. The Kier molecular flexibility index (Phi) is 2.94. The third-order valence-electron chi connectivity index (χ3n) is 4.96. The molecule has 3 heteroatoms. The van der Waals surface area contributed by atoms with E-state index >= 15 is 0 Å². The van der Waals surface area contributed by atoms with E-state index in [1.807, 2.05) is 13.8 Å². The third-order valence-corrected chi connectivity index (χ3v) is 4.96. The van der Waals surface area contributed by atoms with Gasteiger partial charge in [-0.05, 0) is 69.7 Å². The number of rotatable bonds is 0. The van der Waals surface area contributed by atoms with Crippen LogP contribution in [-0.4, -0.2) is 10.5 Å². The molecule has 2 aromatic rings. The van der Waals surface area contributed by atoms with Crippen molar-refractivity contribution in [2.75, 3.05) is 5.32 Å². The molecule has 0 aliphatic carbocycles. The maximum atomic E-state index is 12.1. The topological polar surface area (TPSA) is 44.9 Å². The Hall–Kier alpha value is -1.77. The van der Waals surface area contributed by atoms with Crippen molar-refractivity contribution in [2.24, 2.45) is 0 Å². The molecule has 0 saturated carbocycles. The van der Waals surface area contributed by atoms with Crippen molar-refractivity contribution in [1.82, 2.24) is 4.98 Å². The average molecular weight is 284 g/mol. The van der Waals surface area contributed by atoms with Crippen LogP contribution in [-0.2, 0) is 0 Å². The van der Waals surface area contributed by atoms with Gasteiger partial charge in [0.05, 0.1) is 5.52 Å². The zero-order chi connectivity index (χ0) is 15.5. The predicted octanol–water partition coefficient (Wildman–Crippen LogP) is 4.15. The minimum Gasteiger partial charge on any atom is -0.380 e. The molecule has 0 amide bonds. The van der Waals surface area contributed by atoms with Crippen LogP contribution >= 0.6 is 0 Å². The van der Waals surface area contributed by atoms with Crippen LogP contribution in [0.1, 0.15) is 55.4 Å². The molecule has 21 heavy (non-hydrogen) atoms. The molecule has 0 bridgehead atoms.